The predicted octanol–water partition coefficient (Wildman–Crippen LogP) is 2.95. The maximum Gasteiger partial charge on any atom is 0.227 e. The lowest BCUT2D eigenvalue weighted by Gasteiger charge is -2.30. The number of hydrogen-bond acceptors (Lipinski definition) is 5. The lowest BCUT2D eigenvalue weighted by Crippen LogP contribution is -2.41. The summed E-state index contributed by atoms with van der Waals surface area (Å²) in [6, 6.07) is 12.9. The number of rotatable bonds is 5. The van der Waals surface area contributed by atoms with Crippen LogP contribution in [-0.4, -0.2) is 44.9 Å². The van der Waals surface area contributed by atoms with Crippen molar-refractivity contribution in [2.45, 2.75) is 25.5 Å². The van der Waals surface area contributed by atoms with Crippen molar-refractivity contribution < 1.29 is 22.7 Å². The van der Waals surface area contributed by atoms with Crippen LogP contribution < -0.4 is 14.8 Å². The van der Waals surface area contributed by atoms with Gasteiger partial charge in [-0.1, -0.05) is 29.8 Å². The number of carbonyl (C=O) groups is 1. The minimum absolute atomic E-state index is 0.0112. The summed E-state index contributed by atoms with van der Waals surface area (Å²) in [6.45, 7) is 3.66. The summed E-state index contributed by atoms with van der Waals surface area (Å²) in [6.07, 6.45) is 1.01. The van der Waals surface area contributed by atoms with E-state index in [0.717, 1.165) is 11.1 Å². The summed E-state index contributed by atoms with van der Waals surface area (Å²) in [5.74, 6) is 0.969. The summed E-state index contributed by atoms with van der Waals surface area (Å²) in [5, 5.41) is 2.92. The largest absolute Gasteiger partial charge is 0.486 e. The van der Waals surface area contributed by atoms with E-state index in [9.17, 15) is 13.2 Å². The molecule has 2 aromatic rings. The number of nitrogens with zero attached hydrogens (tertiary/aromatic N) is 1. The van der Waals surface area contributed by atoms with E-state index in [1.165, 1.54) is 4.31 Å². The van der Waals surface area contributed by atoms with Crippen LogP contribution in [0.15, 0.2) is 42.5 Å². The van der Waals surface area contributed by atoms with Crippen molar-refractivity contribution in [3.8, 4) is 11.5 Å². The van der Waals surface area contributed by atoms with E-state index in [-0.39, 0.29) is 17.6 Å². The van der Waals surface area contributed by atoms with E-state index >= 15 is 0 Å². The molecule has 160 valence electrons. The molecule has 1 N–H and O–H groups in total. The van der Waals surface area contributed by atoms with E-state index in [4.69, 9.17) is 9.47 Å². The molecule has 0 bridgehead atoms. The number of hydrogen-bond donors (Lipinski definition) is 1. The summed E-state index contributed by atoms with van der Waals surface area (Å²) in [5.41, 5.74) is 2.48. The molecular weight excluding hydrogens is 404 g/mol. The van der Waals surface area contributed by atoms with Gasteiger partial charge in [0.15, 0.2) is 11.5 Å². The minimum Gasteiger partial charge on any atom is -0.486 e. The number of amides is 1. The van der Waals surface area contributed by atoms with Gasteiger partial charge in [0.1, 0.15) is 13.2 Å². The molecule has 0 aromatic heterocycles. The molecule has 4 rings (SSSR count). The Labute approximate surface area is 177 Å². The van der Waals surface area contributed by atoms with Crippen LogP contribution in [0.4, 0.5) is 5.69 Å². The number of anilines is 1. The Morgan fingerprint density at radius 2 is 1.80 bits per heavy atom. The topological polar surface area (TPSA) is 84.9 Å². The van der Waals surface area contributed by atoms with E-state index < -0.39 is 10.0 Å². The fourth-order valence-electron chi connectivity index (χ4n) is 3.87. The van der Waals surface area contributed by atoms with Crippen molar-refractivity contribution in [1.82, 2.24) is 4.31 Å². The van der Waals surface area contributed by atoms with Gasteiger partial charge in [0.05, 0.1) is 5.75 Å². The molecule has 2 heterocycles. The van der Waals surface area contributed by atoms with Gasteiger partial charge >= 0.3 is 0 Å². The van der Waals surface area contributed by atoms with Gasteiger partial charge in [-0.05, 0) is 37.5 Å². The van der Waals surface area contributed by atoms with Gasteiger partial charge in [0.2, 0.25) is 15.9 Å². The lowest BCUT2D eigenvalue weighted by atomic mass is 9.97. The molecule has 0 atom stereocenters. The first-order valence-corrected chi connectivity index (χ1v) is 11.8. The second kappa shape index (κ2) is 8.65. The summed E-state index contributed by atoms with van der Waals surface area (Å²) < 4.78 is 38.1. The Hall–Kier alpha value is -2.58. The predicted molar refractivity (Wildman–Crippen MR) is 114 cm³/mol. The van der Waals surface area contributed by atoms with Crippen LogP contribution >= 0.6 is 0 Å². The van der Waals surface area contributed by atoms with E-state index in [2.05, 4.69) is 5.32 Å². The van der Waals surface area contributed by atoms with Crippen molar-refractivity contribution >= 4 is 21.6 Å². The summed E-state index contributed by atoms with van der Waals surface area (Å²) in [7, 11) is -3.40. The zero-order valence-corrected chi connectivity index (χ0v) is 17.8. The van der Waals surface area contributed by atoms with Gasteiger partial charge in [0, 0.05) is 30.8 Å². The average molecular weight is 431 g/mol. The number of benzene rings is 2. The Kier molecular flexibility index (Phi) is 5.97. The second-order valence-corrected chi connectivity index (χ2v) is 9.74. The lowest BCUT2D eigenvalue weighted by molar-refractivity contribution is -0.120. The zero-order chi connectivity index (χ0) is 21.1. The van der Waals surface area contributed by atoms with E-state index in [1.54, 1.807) is 18.2 Å². The van der Waals surface area contributed by atoms with Crippen molar-refractivity contribution in [1.29, 1.82) is 0 Å². The highest BCUT2D eigenvalue weighted by Crippen LogP contribution is 2.33. The number of nitrogens with one attached hydrogen (secondary N) is 1. The molecule has 2 aliphatic rings. The molecule has 1 fully saturated rings. The summed E-state index contributed by atoms with van der Waals surface area (Å²) in [4.78, 5) is 12.7. The van der Waals surface area contributed by atoms with Gasteiger partial charge in [-0.2, -0.15) is 0 Å². The molecule has 30 heavy (non-hydrogen) atoms. The zero-order valence-electron chi connectivity index (χ0n) is 17.0. The van der Waals surface area contributed by atoms with Crippen LogP contribution in [0, 0.1) is 12.8 Å². The molecular formula is C22H26N2O5S. The molecule has 0 radical (unpaired) electrons. The van der Waals surface area contributed by atoms with E-state index in [1.807, 2.05) is 31.2 Å². The first-order chi connectivity index (χ1) is 14.4. The molecule has 2 aromatic carbocycles. The second-order valence-electron chi connectivity index (χ2n) is 7.77. The van der Waals surface area contributed by atoms with Gasteiger partial charge in [0.25, 0.3) is 0 Å². The van der Waals surface area contributed by atoms with Crippen LogP contribution in [0.3, 0.4) is 0 Å². The molecule has 8 heteroatoms. The molecule has 0 spiro atoms. The fraction of sp³-hybridized carbons (Fsp3) is 0.409. The quantitative estimate of drug-likeness (QED) is 0.788. The number of aryl methyl sites for hydroxylation is 1. The minimum atomic E-state index is -3.40. The van der Waals surface area contributed by atoms with Crippen molar-refractivity contribution in [2.24, 2.45) is 5.92 Å². The normalized spacial score (nSPS) is 17.5. The smallest absolute Gasteiger partial charge is 0.227 e. The molecule has 0 aliphatic carbocycles. The molecule has 1 amide bonds. The van der Waals surface area contributed by atoms with E-state index in [0.29, 0.717) is 56.3 Å². The van der Waals surface area contributed by atoms with Crippen LogP contribution in [0.1, 0.15) is 24.0 Å². The van der Waals surface area contributed by atoms with Crippen LogP contribution in [-0.2, 0) is 20.6 Å². The average Bonchev–Trinajstić information content (AvgIpc) is 2.73. The Morgan fingerprint density at radius 1 is 1.07 bits per heavy atom. The SMILES string of the molecule is Cc1cccc(CS(=O)(=O)N2CCC(C(=O)Nc3ccc4c(c3)OCCO4)CC2)c1. The van der Waals surface area contributed by atoms with Gasteiger partial charge in [-0.3, -0.25) is 4.79 Å². The number of sulfonamides is 1. The van der Waals surface area contributed by atoms with Crippen LogP contribution in [0.25, 0.3) is 0 Å². The fourth-order valence-corrected chi connectivity index (χ4v) is 5.42. The molecule has 0 unspecified atom stereocenters. The standard InChI is InChI=1S/C22H26N2O5S/c1-16-3-2-4-17(13-16)15-30(26,27)24-9-7-18(8-10-24)22(25)23-19-5-6-20-21(14-19)29-12-11-28-20/h2-6,13-14,18H,7-12,15H2,1H3,(H,23,25). The molecule has 1 saturated heterocycles. The van der Waals surface area contributed by atoms with Gasteiger partial charge in [-0.25, -0.2) is 12.7 Å². The molecule has 0 saturated carbocycles. The monoisotopic (exact) mass is 430 g/mol. The highest BCUT2D eigenvalue weighted by atomic mass is 32.2. The first kappa shape index (κ1) is 20.7. The third kappa shape index (κ3) is 4.76. The maximum absolute atomic E-state index is 12.8. The summed E-state index contributed by atoms with van der Waals surface area (Å²) >= 11 is 0. The van der Waals surface area contributed by atoms with Crippen molar-refractivity contribution in [3.63, 3.8) is 0 Å². The number of carbonyl (C=O) groups excluding carboxylic acids is 1. The highest BCUT2D eigenvalue weighted by Gasteiger charge is 2.31. The highest BCUT2D eigenvalue weighted by molar-refractivity contribution is 7.88. The van der Waals surface area contributed by atoms with Crippen LogP contribution in [0.2, 0.25) is 0 Å². The van der Waals surface area contributed by atoms with Crippen LogP contribution in [0.5, 0.6) is 11.5 Å². The first-order valence-electron chi connectivity index (χ1n) is 10.1. The Balaban J connectivity index is 1.33. The van der Waals surface area contributed by atoms with Gasteiger partial charge < -0.3 is 14.8 Å². The third-order valence-corrected chi connectivity index (χ3v) is 7.31. The number of fused-ring (bicyclic) bond motifs is 1. The molecule has 2 aliphatic heterocycles. The number of piperidine rings is 1. The van der Waals surface area contributed by atoms with Crippen molar-refractivity contribution in [2.75, 3.05) is 31.6 Å². The number of ether oxygens (including phenoxy) is 2. The third-order valence-electron chi connectivity index (χ3n) is 5.46. The maximum atomic E-state index is 12.8. The Morgan fingerprint density at radius 3 is 2.53 bits per heavy atom. The Bertz CT molecular complexity index is 1030. The van der Waals surface area contributed by atoms with Gasteiger partial charge in [-0.15, -0.1) is 0 Å². The van der Waals surface area contributed by atoms with Crippen molar-refractivity contribution in [3.05, 3.63) is 53.6 Å². The molecule has 7 nitrogen and oxygen atoms in total.